The van der Waals surface area contributed by atoms with Gasteiger partial charge in [-0.15, -0.1) is 0 Å². The van der Waals surface area contributed by atoms with E-state index < -0.39 is 42.5 Å². The van der Waals surface area contributed by atoms with Crippen molar-refractivity contribution in [3.8, 4) is 11.1 Å². The second-order valence-corrected chi connectivity index (χ2v) is 13.1. The third-order valence-corrected chi connectivity index (χ3v) is 9.26. The summed E-state index contributed by atoms with van der Waals surface area (Å²) >= 11 is 5.99. The molecule has 1 N–H and O–H groups in total. The molecule has 1 aliphatic rings. The van der Waals surface area contributed by atoms with Crippen LogP contribution in [0.4, 0.5) is 10.1 Å². The lowest BCUT2D eigenvalue weighted by molar-refractivity contribution is -0.118. The second kappa shape index (κ2) is 9.77. The summed E-state index contributed by atoms with van der Waals surface area (Å²) in [7, 11) is -8.10. The van der Waals surface area contributed by atoms with Gasteiger partial charge < -0.3 is 4.90 Å². The van der Waals surface area contributed by atoms with Crippen molar-refractivity contribution in [2.24, 2.45) is 0 Å². The molecule has 1 amide bonds. The van der Waals surface area contributed by atoms with Crippen molar-refractivity contribution in [1.29, 1.82) is 0 Å². The van der Waals surface area contributed by atoms with E-state index in [1.807, 2.05) is 0 Å². The summed E-state index contributed by atoms with van der Waals surface area (Å²) in [4.78, 5) is 13.7. The maximum atomic E-state index is 15.7. The molecule has 0 bridgehead atoms. The Kier molecular flexibility index (Phi) is 6.77. The van der Waals surface area contributed by atoms with Crippen LogP contribution in [-0.2, 0) is 24.7 Å². The highest BCUT2D eigenvalue weighted by atomic mass is 35.5. The zero-order chi connectivity index (χ0) is 27.2. The van der Waals surface area contributed by atoms with Crippen LogP contribution in [0.5, 0.6) is 0 Å². The van der Waals surface area contributed by atoms with Gasteiger partial charge in [-0.2, -0.15) is 4.72 Å². The van der Waals surface area contributed by atoms with E-state index >= 15 is 4.39 Å². The van der Waals surface area contributed by atoms with Crippen LogP contribution in [0.2, 0.25) is 5.02 Å². The van der Waals surface area contributed by atoms with E-state index in [-0.39, 0.29) is 29.1 Å². The van der Waals surface area contributed by atoms with Crippen LogP contribution in [0.3, 0.4) is 0 Å². The van der Waals surface area contributed by atoms with E-state index in [0.29, 0.717) is 16.0 Å². The van der Waals surface area contributed by atoms with Gasteiger partial charge in [0.15, 0.2) is 15.7 Å². The number of rotatable bonds is 6. The molecule has 1 aliphatic heterocycles. The molecular weight excluding hydrogens is 551 g/mol. The van der Waals surface area contributed by atoms with E-state index in [1.165, 1.54) is 24.3 Å². The van der Waals surface area contributed by atoms with Crippen molar-refractivity contribution >= 4 is 53.8 Å². The van der Waals surface area contributed by atoms with E-state index in [9.17, 15) is 21.6 Å². The van der Waals surface area contributed by atoms with E-state index in [0.717, 1.165) is 16.5 Å². The Hall–Kier alpha value is -3.31. The Bertz CT molecular complexity index is 1800. The number of halogens is 2. The van der Waals surface area contributed by atoms with Crippen LogP contribution in [0.25, 0.3) is 21.9 Å². The number of carbonyl (C=O) groups excluding carboxylic acids is 1. The van der Waals surface area contributed by atoms with Gasteiger partial charge in [-0.05, 0) is 53.1 Å². The highest BCUT2D eigenvalue weighted by molar-refractivity contribution is 7.91. The van der Waals surface area contributed by atoms with Gasteiger partial charge in [0, 0.05) is 23.4 Å². The summed E-state index contributed by atoms with van der Waals surface area (Å²) in [5.41, 5.74) is 0.463. The number of nitrogens with zero attached hydrogens (tertiary/aromatic N) is 1. The van der Waals surface area contributed by atoms with Crippen LogP contribution in [-0.4, -0.2) is 41.6 Å². The van der Waals surface area contributed by atoms with Crippen molar-refractivity contribution in [1.82, 2.24) is 4.72 Å². The molecule has 1 fully saturated rings. The van der Waals surface area contributed by atoms with Gasteiger partial charge in [0.05, 0.1) is 10.6 Å². The molecule has 1 atom stereocenters. The van der Waals surface area contributed by atoms with Gasteiger partial charge in [0.1, 0.15) is 10.9 Å². The van der Waals surface area contributed by atoms with E-state index in [4.69, 9.17) is 11.6 Å². The highest BCUT2D eigenvalue weighted by Crippen LogP contribution is 2.36. The maximum Gasteiger partial charge on any atom is 0.245 e. The van der Waals surface area contributed by atoms with Gasteiger partial charge in [0.25, 0.3) is 0 Å². The molecule has 11 heteroatoms. The number of sulfonamides is 1. The topological polar surface area (TPSA) is 101 Å². The third-order valence-electron chi connectivity index (χ3n) is 6.41. The molecule has 0 aliphatic carbocycles. The number of sulfone groups is 1. The number of carbonyl (C=O) groups is 1. The molecule has 7 nitrogen and oxygen atoms in total. The van der Waals surface area contributed by atoms with Gasteiger partial charge in [-0.3, -0.25) is 4.79 Å². The summed E-state index contributed by atoms with van der Waals surface area (Å²) in [6.07, 6.45) is 0.983. The van der Waals surface area contributed by atoms with Gasteiger partial charge in [-0.25, -0.2) is 21.2 Å². The average Bonchev–Trinajstić information content (AvgIpc) is 3.22. The molecule has 0 spiro atoms. The van der Waals surface area contributed by atoms with Crippen LogP contribution < -0.4 is 9.62 Å². The molecule has 1 saturated heterocycles. The number of benzene rings is 4. The number of fused-ring (bicyclic) bond motifs is 1. The molecule has 38 heavy (non-hydrogen) atoms. The fourth-order valence-corrected chi connectivity index (χ4v) is 7.06. The minimum atomic E-state index is -4.09. The SMILES string of the molecule is CS(=O)(=O)c1c(-c2ccccc2)ccc(N2CC[C@H](NS(=O)(=O)c3ccc4cc(Cl)ccc4c3)C2=O)c1F. The van der Waals surface area contributed by atoms with Crippen molar-refractivity contribution < 1.29 is 26.0 Å². The highest BCUT2D eigenvalue weighted by Gasteiger charge is 2.38. The molecule has 196 valence electrons. The van der Waals surface area contributed by atoms with Gasteiger partial charge in [0.2, 0.25) is 15.9 Å². The molecule has 0 unspecified atom stereocenters. The zero-order valence-corrected chi connectivity index (χ0v) is 22.4. The summed E-state index contributed by atoms with van der Waals surface area (Å²) in [5, 5.41) is 1.94. The van der Waals surface area contributed by atoms with Crippen LogP contribution in [0, 0.1) is 5.82 Å². The monoisotopic (exact) mass is 572 g/mol. The average molecular weight is 573 g/mol. The molecule has 5 rings (SSSR count). The Morgan fingerprint density at radius 3 is 2.32 bits per heavy atom. The molecule has 1 heterocycles. The first-order valence-corrected chi connectivity index (χ1v) is 15.3. The minimum Gasteiger partial charge on any atom is -0.308 e. The molecule has 0 saturated carbocycles. The number of hydrogen-bond donors (Lipinski definition) is 1. The Morgan fingerprint density at radius 2 is 1.61 bits per heavy atom. The summed E-state index contributed by atoms with van der Waals surface area (Å²) in [5.74, 6) is -1.73. The Labute approximate surface area is 224 Å². The fraction of sp³-hybridized carbons (Fsp3) is 0.148. The predicted molar refractivity (Wildman–Crippen MR) is 145 cm³/mol. The normalized spacial score (nSPS) is 16.3. The van der Waals surface area contributed by atoms with Gasteiger partial charge >= 0.3 is 0 Å². The minimum absolute atomic E-state index is 0.00699. The zero-order valence-electron chi connectivity index (χ0n) is 20.1. The molecule has 0 aromatic heterocycles. The number of hydrogen-bond acceptors (Lipinski definition) is 5. The summed E-state index contributed by atoms with van der Waals surface area (Å²) in [6.45, 7) is 0.00699. The standard InChI is InChI=1S/C27H22ClFN2O5S2/c1-37(33,34)26-22(17-5-3-2-4-6-17)11-12-24(25(26)29)31-14-13-23(27(31)32)30-38(35,36)21-10-8-18-15-20(28)9-7-19(18)16-21/h2-12,15-16,23,30H,13-14H2,1H3/t23-/m0/s1. The third kappa shape index (κ3) is 4.92. The number of nitrogens with one attached hydrogen (secondary N) is 1. The van der Waals surface area contributed by atoms with Crippen molar-refractivity contribution in [3.05, 3.63) is 89.7 Å². The Balaban J connectivity index is 1.44. The van der Waals surface area contributed by atoms with Gasteiger partial charge in [-0.1, -0.05) is 60.1 Å². The molecular formula is C27H22ClFN2O5S2. The first-order valence-electron chi connectivity index (χ1n) is 11.6. The van der Waals surface area contributed by atoms with E-state index in [1.54, 1.807) is 54.6 Å². The lowest BCUT2D eigenvalue weighted by Gasteiger charge is -2.21. The van der Waals surface area contributed by atoms with Crippen molar-refractivity contribution in [2.45, 2.75) is 22.3 Å². The Morgan fingerprint density at radius 1 is 0.921 bits per heavy atom. The number of anilines is 1. The lowest BCUT2D eigenvalue weighted by Crippen LogP contribution is -2.41. The fourth-order valence-electron chi connectivity index (χ4n) is 4.61. The van der Waals surface area contributed by atoms with Crippen LogP contribution in [0.1, 0.15) is 6.42 Å². The molecule has 4 aromatic rings. The number of amides is 1. The van der Waals surface area contributed by atoms with Crippen LogP contribution >= 0.6 is 11.6 Å². The van der Waals surface area contributed by atoms with Crippen LogP contribution in [0.15, 0.2) is 88.7 Å². The van der Waals surface area contributed by atoms with Crippen molar-refractivity contribution in [2.75, 3.05) is 17.7 Å². The summed E-state index contributed by atoms with van der Waals surface area (Å²) < 4.78 is 69.4. The quantitative estimate of drug-likeness (QED) is 0.358. The summed E-state index contributed by atoms with van der Waals surface area (Å²) in [6, 6.07) is 19.7. The molecule has 4 aromatic carbocycles. The van der Waals surface area contributed by atoms with E-state index in [2.05, 4.69) is 4.72 Å². The first-order chi connectivity index (χ1) is 18.0. The second-order valence-electron chi connectivity index (χ2n) is 9.02. The first kappa shape index (κ1) is 26.3. The molecule has 0 radical (unpaired) electrons. The van der Waals surface area contributed by atoms with Crippen molar-refractivity contribution in [3.63, 3.8) is 0 Å². The smallest absolute Gasteiger partial charge is 0.245 e. The maximum absolute atomic E-state index is 15.7. The lowest BCUT2D eigenvalue weighted by atomic mass is 10.0. The predicted octanol–water partition coefficient (Wildman–Crippen LogP) is 4.79. The largest absolute Gasteiger partial charge is 0.308 e.